The molecule has 8 heteroatoms. The second-order valence-corrected chi connectivity index (χ2v) is 5.64. The molecule has 0 aliphatic heterocycles. The van der Waals surface area contributed by atoms with E-state index in [-0.39, 0.29) is 0 Å². The van der Waals surface area contributed by atoms with E-state index in [2.05, 4.69) is 45.4 Å². The van der Waals surface area contributed by atoms with Crippen molar-refractivity contribution in [2.45, 2.75) is 13.0 Å². The molecule has 3 heterocycles. The molecule has 0 fully saturated rings. The number of hydrogen-bond donors (Lipinski definition) is 0. The van der Waals surface area contributed by atoms with E-state index >= 15 is 0 Å². The van der Waals surface area contributed by atoms with Crippen molar-refractivity contribution in [3.63, 3.8) is 0 Å². The van der Waals surface area contributed by atoms with Crippen LogP contribution in [0.25, 0.3) is 11.0 Å². The van der Waals surface area contributed by atoms with Crippen molar-refractivity contribution in [2.24, 2.45) is 7.05 Å². The summed E-state index contributed by atoms with van der Waals surface area (Å²) in [7, 11) is 3.91. The second-order valence-electron chi connectivity index (χ2n) is 4.89. The van der Waals surface area contributed by atoms with Crippen LogP contribution in [0.15, 0.2) is 29.7 Å². The summed E-state index contributed by atoms with van der Waals surface area (Å²) in [6.45, 7) is 1.83. The highest BCUT2D eigenvalue weighted by Gasteiger charge is 2.15. The molecule has 0 aliphatic rings. The average molecular weight is 350 g/mol. The van der Waals surface area contributed by atoms with E-state index in [0.29, 0.717) is 0 Å². The molecule has 0 atom stereocenters. The van der Waals surface area contributed by atoms with E-state index in [4.69, 9.17) is 0 Å². The van der Waals surface area contributed by atoms with Gasteiger partial charge >= 0.3 is 0 Å². The van der Waals surface area contributed by atoms with E-state index in [9.17, 15) is 0 Å². The van der Waals surface area contributed by atoms with Crippen LogP contribution in [0, 0.1) is 0 Å². The molecule has 0 aliphatic carbocycles. The zero-order valence-corrected chi connectivity index (χ0v) is 13.5. The van der Waals surface area contributed by atoms with E-state index in [1.165, 1.54) is 0 Å². The summed E-state index contributed by atoms with van der Waals surface area (Å²) in [4.78, 5) is 14.9. The first-order valence-corrected chi connectivity index (χ1v) is 7.46. The van der Waals surface area contributed by atoms with Crippen molar-refractivity contribution >= 4 is 32.8 Å². The number of aromatic nitrogens is 6. The van der Waals surface area contributed by atoms with Gasteiger partial charge in [-0.15, -0.1) is 0 Å². The summed E-state index contributed by atoms with van der Waals surface area (Å²) in [5.41, 5.74) is 0.827. The molecule has 110 valence electrons. The standard InChI is InChI=1S/C13H16BrN7/c1-19(5-3-6-21-7-4-15-9-21)12-10-11(14)18-20(2)13(10)17-8-16-12/h4,7-9H,3,5-6H2,1-2H3. The van der Waals surface area contributed by atoms with Crippen molar-refractivity contribution in [1.29, 1.82) is 0 Å². The summed E-state index contributed by atoms with van der Waals surface area (Å²) in [5.74, 6) is 0.894. The van der Waals surface area contributed by atoms with Gasteiger partial charge in [-0.05, 0) is 22.4 Å². The lowest BCUT2D eigenvalue weighted by molar-refractivity contribution is 0.636. The zero-order valence-electron chi connectivity index (χ0n) is 11.9. The molecule has 3 aromatic rings. The van der Waals surface area contributed by atoms with Gasteiger partial charge in [0.25, 0.3) is 0 Å². The minimum absolute atomic E-state index is 0.775. The van der Waals surface area contributed by atoms with Crippen molar-refractivity contribution in [1.82, 2.24) is 29.3 Å². The normalized spacial score (nSPS) is 11.2. The maximum absolute atomic E-state index is 4.41. The van der Waals surface area contributed by atoms with Gasteiger partial charge in [-0.1, -0.05) is 0 Å². The lowest BCUT2D eigenvalue weighted by Crippen LogP contribution is -2.21. The molecule has 0 aromatic carbocycles. The number of aryl methyl sites for hydroxylation is 2. The third-order valence-electron chi connectivity index (χ3n) is 3.39. The SMILES string of the molecule is CN(CCCn1ccnc1)c1ncnc2c1c(Br)nn2C. The van der Waals surface area contributed by atoms with E-state index in [0.717, 1.165) is 41.0 Å². The van der Waals surface area contributed by atoms with Crippen LogP contribution in [0.3, 0.4) is 0 Å². The van der Waals surface area contributed by atoms with Crippen LogP contribution in [0.4, 0.5) is 5.82 Å². The molecule has 7 nitrogen and oxygen atoms in total. The fourth-order valence-corrected chi connectivity index (χ4v) is 2.92. The Morgan fingerprint density at radius 3 is 2.95 bits per heavy atom. The van der Waals surface area contributed by atoms with Gasteiger partial charge in [-0.3, -0.25) is 0 Å². The van der Waals surface area contributed by atoms with Crippen LogP contribution >= 0.6 is 15.9 Å². The lowest BCUT2D eigenvalue weighted by atomic mass is 10.3. The van der Waals surface area contributed by atoms with Crippen molar-refractivity contribution < 1.29 is 0 Å². The number of anilines is 1. The fraction of sp³-hybridized carbons (Fsp3) is 0.385. The van der Waals surface area contributed by atoms with Gasteiger partial charge in [0, 0.05) is 39.6 Å². The number of imidazole rings is 1. The van der Waals surface area contributed by atoms with Gasteiger partial charge in [0.05, 0.1) is 11.7 Å². The van der Waals surface area contributed by atoms with Crippen molar-refractivity contribution in [3.05, 3.63) is 29.7 Å². The van der Waals surface area contributed by atoms with Crippen LogP contribution in [0.1, 0.15) is 6.42 Å². The van der Waals surface area contributed by atoms with Gasteiger partial charge in [-0.25, -0.2) is 19.6 Å². The summed E-state index contributed by atoms with van der Waals surface area (Å²) < 4.78 is 4.60. The first-order chi connectivity index (χ1) is 10.2. The molecule has 0 spiro atoms. The Morgan fingerprint density at radius 2 is 2.19 bits per heavy atom. The topological polar surface area (TPSA) is 64.7 Å². The molecule has 0 radical (unpaired) electrons. The molecule has 0 unspecified atom stereocenters. The summed E-state index contributed by atoms with van der Waals surface area (Å²) >= 11 is 3.49. The van der Waals surface area contributed by atoms with Crippen LogP contribution in [-0.2, 0) is 13.6 Å². The molecule has 0 N–H and O–H groups in total. The molecule has 0 saturated carbocycles. The zero-order chi connectivity index (χ0) is 14.8. The van der Waals surface area contributed by atoms with Gasteiger partial charge < -0.3 is 9.47 Å². The average Bonchev–Trinajstić information content (AvgIpc) is 3.08. The van der Waals surface area contributed by atoms with Crippen molar-refractivity contribution in [2.75, 3.05) is 18.5 Å². The summed E-state index contributed by atoms with van der Waals surface area (Å²) in [6.07, 6.45) is 8.19. The van der Waals surface area contributed by atoms with Crippen LogP contribution in [0.5, 0.6) is 0 Å². The highest BCUT2D eigenvalue weighted by molar-refractivity contribution is 9.10. The third-order valence-corrected chi connectivity index (χ3v) is 3.94. The van der Waals surface area contributed by atoms with E-state index < -0.39 is 0 Å². The maximum atomic E-state index is 4.41. The fourth-order valence-electron chi connectivity index (χ4n) is 2.33. The van der Waals surface area contributed by atoms with E-state index in [1.807, 2.05) is 26.6 Å². The Hall–Kier alpha value is -1.96. The van der Waals surface area contributed by atoms with Crippen LogP contribution in [0.2, 0.25) is 0 Å². The monoisotopic (exact) mass is 349 g/mol. The maximum Gasteiger partial charge on any atom is 0.164 e. The van der Waals surface area contributed by atoms with Crippen LogP contribution < -0.4 is 4.90 Å². The number of fused-ring (bicyclic) bond motifs is 1. The summed E-state index contributed by atoms with van der Waals surface area (Å²) in [5, 5.41) is 5.30. The predicted molar refractivity (Wildman–Crippen MR) is 84.1 cm³/mol. The van der Waals surface area contributed by atoms with Crippen molar-refractivity contribution in [3.8, 4) is 0 Å². The highest BCUT2D eigenvalue weighted by atomic mass is 79.9. The molecular formula is C13H16BrN7. The summed E-state index contributed by atoms with van der Waals surface area (Å²) in [6, 6.07) is 0. The molecule has 3 rings (SSSR count). The number of rotatable bonds is 5. The van der Waals surface area contributed by atoms with Gasteiger partial charge in [0.15, 0.2) is 5.65 Å². The Morgan fingerprint density at radius 1 is 1.33 bits per heavy atom. The molecule has 3 aromatic heterocycles. The van der Waals surface area contributed by atoms with E-state index in [1.54, 1.807) is 17.2 Å². The van der Waals surface area contributed by atoms with Crippen LogP contribution in [-0.4, -0.2) is 42.9 Å². The predicted octanol–water partition coefficient (Wildman–Crippen LogP) is 1.85. The minimum atomic E-state index is 0.775. The number of halogens is 1. The quantitative estimate of drug-likeness (QED) is 0.703. The number of nitrogens with zero attached hydrogens (tertiary/aromatic N) is 7. The molecule has 0 saturated heterocycles. The first kappa shape index (κ1) is 14.0. The first-order valence-electron chi connectivity index (χ1n) is 6.67. The largest absolute Gasteiger partial charge is 0.359 e. The Labute approximate surface area is 130 Å². The second kappa shape index (κ2) is 5.80. The minimum Gasteiger partial charge on any atom is -0.359 e. The van der Waals surface area contributed by atoms with Gasteiger partial charge in [-0.2, -0.15) is 5.10 Å². The Kier molecular flexibility index (Phi) is 3.87. The highest BCUT2D eigenvalue weighted by Crippen LogP contribution is 2.28. The van der Waals surface area contributed by atoms with Gasteiger partial charge in [0.1, 0.15) is 16.7 Å². The molecule has 0 amide bonds. The molecular weight excluding hydrogens is 334 g/mol. The Bertz CT molecular complexity index is 734. The van der Waals surface area contributed by atoms with Gasteiger partial charge in [0.2, 0.25) is 0 Å². The third kappa shape index (κ3) is 2.76. The number of hydrogen-bond acceptors (Lipinski definition) is 5. The molecule has 0 bridgehead atoms. The Balaban J connectivity index is 1.76. The molecule has 21 heavy (non-hydrogen) atoms. The lowest BCUT2D eigenvalue weighted by Gasteiger charge is -2.18. The smallest absolute Gasteiger partial charge is 0.164 e.